The molecule has 1 aromatic heterocycles. The van der Waals surface area contributed by atoms with Crippen LogP contribution in [0.4, 0.5) is 0 Å². The molecule has 1 aliphatic carbocycles. The molecule has 2 heteroatoms. The molecular weight excluding hydrogens is 328 g/mol. The second kappa shape index (κ2) is 6.37. The van der Waals surface area contributed by atoms with Crippen molar-refractivity contribution in [2.45, 2.75) is 58.8 Å². The van der Waals surface area contributed by atoms with Gasteiger partial charge in [0.15, 0.2) is 11.4 Å². The van der Waals surface area contributed by atoms with Crippen molar-refractivity contribution < 1.29 is 10.1 Å². The van der Waals surface area contributed by atoms with Gasteiger partial charge in [0, 0.05) is 34.9 Å². The molecule has 2 heterocycles. The van der Waals surface area contributed by atoms with E-state index in [1.807, 2.05) is 65.4 Å². The molecule has 1 atom stereocenters. The van der Waals surface area contributed by atoms with Gasteiger partial charge < -0.3 is 0 Å². The summed E-state index contributed by atoms with van der Waals surface area (Å²) in [6.07, 6.45) is 5.31. The first-order chi connectivity index (χ1) is 14.8. The molecular formula is C25H29N2+. The topological polar surface area (TPSA) is 8.81 Å². The molecule has 1 fully saturated rings. The summed E-state index contributed by atoms with van der Waals surface area (Å²) in [4.78, 5) is 0. The summed E-state index contributed by atoms with van der Waals surface area (Å²) in [5.74, 6) is 0.341. The van der Waals surface area contributed by atoms with Crippen LogP contribution in [0.1, 0.15) is 66.3 Å². The maximum Gasteiger partial charge on any atom is 0.259 e. The minimum absolute atomic E-state index is 0.0990. The van der Waals surface area contributed by atoms with Gasteiger partial charge in [-0.05, 0) is 31.4 Å². The molecule has 0 bridgehead atoms. The van der Waals surface area contributed by atoms with Gasteiger partial charge in [0.05, 0.1) is 1.37 Å². The van der Waals surface area contributed by atoms with E-state index in [2.05, 4.69) is 6.07 Å². The first-order valence-electron chi connectivity index (χ1n) is 12.1. The highest BCUT2D eigenvalue weighted by Crippen LogP contribution is 2.44. The third-order valence-corrected chi connectivity index (χ3v) is 6.37. The lowest BCUT2D eigenvalue weighted by Crippen LogP contribution is -2.44. The van der Waals surface area contributed by atoms with Crippen LogP contribution in [0.5, 0.6) is 0 Å². The Bertz CT molecular complexity index is 1150. The van der Waals surface area contributed by atoms with Gasteiger partial charge in [-0.1, -0.05) is 61.7 Å². The van der Waals surface area contributed by atoms with Crippen molar-refractivity contribution in [1.82, 2.24) is 4.57 Å². The van der Waals surface area contributed by atoms with Crippen LogP contribution >= 0.6 is 0 Å². The van der Waals surface area contributed by atoms with Crippen LogP contribution in [0.15, 0.2) is 48.5 Å². The number of fused-ring (bicyclic) bond motifs is 3. The molecule has 0 spiro atoms. The van der Waals surface area contributed by atoms with Gasteiger partial charge in [0.2, 0.25) is 0 Å². The van der Waals surface area contributed by atoms with E-state index in [-0.39, 0.29) is 11.7 Å². The van der Waals surface area contributed by atoms with Crippen LogP contribution in [-0.4, -0.2) is 4.57 Å². The highest BCUT2D eigenvalue weighted by Gasteiger charge is 2.44. The highest BCUT2D eigenvalue weighted by atomic mass is 15.2. The molecule has 1 aliphatic heterocycles. The molecule has 1 unspecified atom stereocenters. The number of para-hydroxylation sites is 1. The van der Waals surface area contributed by atoms with Crippen molar-refractivity contribution in [3.05, 3.63) is 71.2 Å². The van der Waals surface area contributed by atoms with E-state index < -0.39 is 12.9 Å². The van der Waals surface area contributed by atoms with Crippen molar-refractivity contribution in [3.8, 4) is 16.9 Å². The Labute approximate surface area is 168 Å². The Morgan fingerprint density at radius 3 is 2.52 bits per heavy atom. The number of benzene rings is 2. The zero-order chi connectivity index (χ0) is 22.0. The van der Waals surface area contributed by atoms with E-state index in [4.69, 9.17) is 4.11 Å². The lowest BCUT2D eigenvalue weighted by atomic mass is 9.81. The number of hydrogen-bond donors (Lipinski definition) is 0. The number of nitrogens with zero attached hydrogens (tertiary/aromatic N) is 2. The first-order valence-corrected chi connectivity index (χ1v) is 10.1. The molecule has 0 N–H and O–H groups in total. The number of imidazole rings is 1. The van der Waals surface area contributed by atoms with E-state index in [0.717, 1.165) is 59.4 Å². The number of aryl methyl sites for hydroxylation is 1. The molecule has 27 heavy (non-hydrogen) atoms. The second-order valence-corrected chi connectivity index (χ2v) is 7.98. The summed E-state index contributed by atoms with van der Waals surface area (Å²) in [5.41, 5.74) is 5.60. The summed E-state index contributed by atoms with van der Waals surface area (Å²) in [6.45, 7) is 1.65. The SMILES string of the molecule is [2H]C([2H])([2H])c1n(-c2ccccc2C)c(C)c2[n+]1C([2H])(C1CCCCC1)c1ccccc1-2. The molecule has 5 rings (SSSR count). The maximum absolute atomic E-state index is 9.89. The number of hydrogen-bond acceptors (Lipinski definition) is 0. The Hall–Kier alpha value is -2.35. The third kappa shape index (κ3) is 2.42. The Morgan fingerprint density at radius 2 is 1.74 bits per heavy atom. The molecule has 2 nitrogen and oxygen atoms in total. The van der Waals surface area contributed by atoms with E-state index in [1.165, 1.54) is 6.42 Å². The first kappa shape index (κ1) is 12.9. The monoisotopic (exact) mass is 361 g/mol. The molecule has 3 aromatic rings. The number of rotatable bonds is 2. The number of aromatic nitrogens is 2. The smallest absolute Gasteiger partial charge is 0.220 e. The van der Waals surface area contributed by atoms with Crippen LogP contribution in [-0.2, 0) is 0 Å². The lowest BCUT2D eigenvalue weighted by molar-refractivity contribution is -0.710. The maximum atomic E-state index is 9.89. The Balaban J connectivity index is 1.90. The van der Waals surface area contributed by atoms with Gasteiger partial charge in [-0.25, -0.2) is 4.57 Å². The van der Waals surface area contributed by atoms with Gasteiger partial charge in [0.1, 0.15) is 11.7 Å². The molecule has 0 radical (unpaired) electrons. The van der Waals surface area contributed by atoms with Gasteiger partial charge in [-0.3, -0.25) is 0 Å². The fraction of sp³-hybridized carbons (Fsp3) is 0.400. The van der Waals surface area contributed by atoms with Gasteiger partial charge in [-0.15, -0.1) is 0 Å². The third-order valence-electron chi connectivity index (χ3n) is 6.37. The molecule has 2 aromatic carbocycles. The molecule has 138 valence electrons. The van der Waals surface area contributed by atoms with E-state index >= 15 is 0 Å². The standard InChI is InChI=1S/C25H29N2/c1-17-11-7-10-16-23(17)26-18(2)24-21-14-8-9-15-22(21)25(27(24)19(26)3)20-12-5-4-6-13-20/h7-11,14-16,20,25H,4-6,12-13H2,1-3H3/q+1/i3D3,25D. The van der Waals surface area contributed by atoms with Crippen LogP contribution in [0.25, 0.3) is 16.9 Å². The quantitative estimate of drug-likeness (QED) is 0.507. The van der Waals surface area contributed by atoms with Crippen molar-refractivity contribution in [2.24, 2.45) is 5.92 Å². The minimum Gasteiger partial charge on any atom is -0.220 e. The molecule has 2 aliphatic rings. The summed E-state index contributed by atoms with van der Waals surface area (Å²) in [5, 5.41) is 0. The van der Waals surface area contributed by atoms with Crippen molar-refractivity contribution in [2.75, 3.05) is 0 Å². The predicted octanol–water partition coefficient (Wildman–Crippen LogP) is 5.84. The normalized spacial score (nSPS) is 24.5. The fourth-order valence-corrected chi connectivity index (χ4v) is 5.10. The average molecular weight is 362 g/mol. The summed E-state index contributed by atoms with van der Waals surface area (Å²) in [6, 6.07) is 14.9. The summed E-state index contributed by atoms with van der Waals surface area (Å²) < 4.78 is 39.2. The lowest BCUT2D eigenvalue weighted by Gasteiger charge is -2.27. The van der Waals surface area contributed by atoms with E-state index in [9.17, 15) is 1.37 Å². The van der Waals surface area contributed by atoms with E-state index in [0.29, 0.717) is 0 Å². The van der Waals surface area contributed by atoms with Gasteiger partial charge >= 0.3 is 0 Å². The second-order valence-electron chi connectivity index (χ2n) is 7.98. The Kier molecular flexibility index (Phi) is 3.05. The van der Waals surface area contributed by atoms with Crippen molar-refractivity contribution in [3.63, 3.8) is 0 Å². The zero-order valence-corrected chi connectivity index (χ0v) is 16.1. The fourth-order valence-electron chi connectivity index (χ4n) is 5.10. The van der Waals surface area contributed by atoms with Crippen LogP contribution in [0.3, 0.4) is 0 Å². The van der Waals surface area contributed by atoms with E-state index in [1.54, 1.807) is 0 Å². The van der Waals surface area contributed by atoms with Crippen molar-refractivity contribution >= 4 is 0 Å². The van der Waals surface area contributed by atoms with Crippen molar-refractivity contribution in [1.29, 1.82) is 0 Å². The largest absolute Gasteiger partial charge is 0.259 e. The minimum atomic E-state index is -2.35. The van der Waals surface area contributed by atoms with Crippen LogP contribution in [0.2, 0.25) is 0 Å². The highest BCUT2D eigenvalue weighted by molar-refractivity contribution is 5.68. The van der Waals surface area contributed by atoms with Crippen LogP contribution < -0.4 is 4.57 Å². The average Bonchev–Trinajstić information content (AvgIpc) is 3.21. The molecule has 1 saturated carbocycles. The Morgan fingerprint density at radius 1 is 1.00 bits per heavy atom. The van der Waals surface area contributed by atoms with Crippen LogP contribution in [0, 0.1) is 26.6 Å². The summed E-state index contributed by atoms with van der Waals surface area (Å²) >= 11 is 0. The predicted molar refractivity (Wildman–Crippen MR) is 110 cm³/mol. The summed E-state index contributed by atoms with van der Waals surface area (Å²) in [7, 11) is 0. The molecule has 0 saturated heterocycles. The van der Waals surface area contributed by atoms with Gasteiger partial charge in [0.25, 0.3) is 5.82 Å². The van der Waals surface area contributed by atoms with Gasteiger partial charge in [-0.2, -0.15) is 4.57 Å². The zero-order valence-electron chi connectivity index (χ0n) is 20.1. The molecule has 0 amide bonds.